The molecular formula is C40H41N5O5. The van der Waals surface area contributed by atoms with Gasteiger partial charge in [0.1, 0.15) is 0 Å². The molecule has 0 aliphatic carbocycles. The lowest BCUT2D eigenvalue weighted by molar-refractivity contribution is 0.0755. The first-order valence-corrected chi connectivity index (χ1v) is 16.4. The van der Waals surface area contributed by atoms with Crippen molar-refractivity contribution < 1.29 is 24.6 Å². The third-order valence-electron chi connectivity index (χ3n) is 8.60. The average molecular weight is 672 g/mol. The number of carbonyl (C=O) groups is 3. The van der Waals surface area contributed by atoms with E-state index in [9.17, 15) is 24.6 Å². The fourth-order valence-electron chi connectivity index (χ4n) is 5.92. The molecule has 0 aliphatic heterocycles. The minimum Gasteiger partial charge on any atom is -0.465 e. The van der Waals surface area contributed by atoms with Gasteiger partial charge in [-0.05, 0) is 79.3 Å². The lowest BCUT2D eigenvalue weighted by Gasteiger charge is -2.29. The standard InChI is InChI=1S/C40H41N5O5/c1-27-32(19-12-20-34(27)41)38(47)44-35(24-29-15-6-3-7-16-29)37(46)25-31(23-28-13-4-2-5-14-28)43-39(48)33-18-8-9-21-36(33)45(40(49)50)26-30-17-10-11-22-42-30/h2-22,31,35,37,46H,23-26,41H2,1H3,(H,43,48)(H,44,47)(H,49,50)/t31-,35-,37-/m0/s1. The normalized spacial score (nSPS) is 12.7. The van der Waals surface area contributed by atoms with Gasteiger partial charge < -0.3 is 26.6 Å². The van der Waals surface area contributed by atoms with E-state index in [0.29, 0.717) is 35.3 Å². The van der Waals surface area contributed by atoms with Crippen molar-refractivity contribution >= 4 is 29.3 Å². The molecule has 3 amide bonds. The summed E-state index contributed by atoms with van der Waals surface area (Å²) in [5.41, 5.74) is 10.4. The fraction of sp³-hybridized carbons (Fsp3) is 0.200. The van der Waals surface area contributed by atoms with E-state index in [1.165, 1.54) is 0 Å². The van der Waals surface area contributed by atoms with Crippen LogP contribution in [0.4, 0.5) is 16.2 Å². The molecule has 5 aromatic rings. The molecule has 0 radical (unpaired) electrons. The Hall–Kier alpha value is -6.00. The zero-order valence-corrected chi connectivity index (χ0v) is 27.8. The maximum Gasteiger partial charge on any atom is 0.412 e. The Bertz CT molecular complexity index is 1890. The van der Waals surface area contributed by atoms with Gasteiger partial charge in [0.15, 0.2) is 0 Å². The summed E-state index contributed by atoms with van der Waals surface area (Å²) in [6.45, 7) is 1.72. The van der Waals surface area contributed by atoms with Gasteiger partial charge in [-0.25, -0.2) is 4.79 Å². The van der Waals surface area contributed by atoms with Crippen molar-refractivity contribution in [2.24, 2.45) is 0 Å². The van der Waals surface area contributed by atoms with Crippen LogP contribution in [0.3, 0.4) is 0 Å². The molecule has 0 bridgehead atoms. The van der Waals surface area contributed by atoms with E-state index in [-0.39, 0.29) is 30.1 Å². The van der Waals surface area contributed by atoms with Crippen LogP contribution in [0.1, 0.15) is 49.5 Å². The van der Waals surface area contributed by atoms with Gasteiger partial charge in [0, 0.05) is 23.5 Å². The molecule has 10 nitrogen and oxygen atoms in total. The number of anilines is 2. The predicted molar refractivity (Wildman–Crippen MR) is 194 cm³/mol. The van der Waals surface area contributed by atoms with Crippen LogP contribution in [0.15, 0.2) is 128 Å². The Morgan fingerprint density at radius 2 is 1.34 bits per heavy atom. The number of aliphatic hydroxyl groups excluding tert-OH is 1. The highest BCUT2D eigenvalue weighted by molar-refractivity contribution is 6.03. The summed E-state index contributed by atoms with van der Waals surface area (Å²) in [6, 6.07) is 34.7. The first kappa shape index (κ1) is 35.3. The van der Waals surface area contributed by atoms with E-state index in [0.717, 1.165) is 16.0 Å². The second-order valence-corrected chi connectivity index (χ2v) is 12.2. The summed E-state index contributed by atoms with van der Waals surface area (Å²) < 4.78 is 0. The van der Waals surface area contributed by atoms with Gasteiger partial charge in [-0.3, -0.25) is 19.5 Å². The summed E-state index contributed by atoms with van der Waals surface area (Å²) in [6.07, 6.45) is 0.0737. The Kier molecular flexibility index (Phi) is 11.9. The monoisotopic (exact) mass is 671 g/mol. The van der Waals surface area contributed by atoms with Crippen LogP contribution in [0, 0.1) is 6.92 Å². The van der Waals surface area contributed by atoms with Crippen LogP contribution in [0.5, 0.6) is 0 Å². The zero-order chi connectivity index (χ0) is 35.5. The van der Waals surface area contributed by atoms with Crippen LogP contribution >= 0.6 is 0 Å². The van der Waals surface area contributed by atoms with Gasteiger partial charge in [0.25, 0.3) is 11.8 Å². The maximum absolute atomic E-state index is 14.0. The first-order chi connectivity index (χ1) is 24.2. The number of nitrogens with two attached hydrogens (primary N) is 1. The number of pyridine rings is 1. The molecule has 0 saturated carbocycles. The summed E-state index contributed by atoms with van der Waals surface area (Å²) >= 11 is 0. The zero-order valence-electron chi connectivity index (χ0n) is 27.8. The van der Waals surface area contributed by atoms with Crippen LogP contribution in [-0.4, -0.2) is 51.3 Å². The molecule has 0 aliphatic rings. The van der Waals surface area contributed by atoms with Gasteiger partial charge in [-0.1, -0.05) is 84.9 Å². The molecular weight excluding hydrogens is 630 g/mol. The average Bonchev–Trinajstić information content (AvgIpc) is 3.12. The highest BCUT2D eigenvalue weighted by Gasteiger charge is 2.29. The van der Waals surface area contributed by atoms with Crippen molar-refractivity contribution in [3.05, 3.63) is 161 Å². The third-order valence-corrected chi connectivity index (χ3v) is 8.60. The number of hydrogen-bond donors (Lipinski definition) is 5. The van der Waals surface area contributed by atoms with E-state index in [1.807, 2.05) is 60.7 Å². The molecule has 1 aromatic heterocycles. The number of benzene rings is 4. The number of hydrogen-bond acceptors (Lipinski definition) is 6. The molecule has 4 aromatic carbocycles. The van der Waals surface area contributed by atoms with Gasteiger partial charge in [0.05, 0.1) is 35.6 Å². The van der Waals surface area contributed by atoms with Gasteiger partial charge in [-0.15, -0.1) is 0 Å². The summed E-state index contributed by atoms with van der Waals surface area (Å²) in [7, 11) is 0. The van der Waals surface area contributed by atoms with Crippen molar-refractivity contribution in [1.29, 1.82) is 0 Å². The SMILES string of the molecule is Cc1c(N)cccc1C(=O)N[C@@H](Cc1ccccc1)[C@@H](O)C[C@H](Cc1ccccc1)NC(=O)c1ccccc1N(Cc1ccccn1)C(=O)O. The van der Waals surface area contributed by atoms with Gasteiger partial charge in [0.2, 0.25) is 0 Å². The Labute approximate surface area is 291 Å². The second-order valence-electron chi connectivity index (χ2n) is 12.2. The van der Waals surface area contributed by atoms with Crippen molar-refractivity contribution in [2.75, 3.05) is 10.6 Å². The molecule has 6 N–H and O–H groups in total. The van der Waals surface area contributed by atoms with Gasteiger partial charge >= 0.3 is 6.09 Å². The van der Waals surface area contributed by atoms with Crippen molar-refractivity contribution in [1.82, 2.24) is 15.6 Å². The van der Waals surface area contributed by atoms with E-state index in [4.69, 9.17) is 5.73 Å². The third kappa shape index (κ3) is 9.33. The Morgan fingerprint density at radius 1 is 0.740 bits per heavy atom. The molecule has 10 heteroatoms. The quantitative estimate of drug-likeness (QED) is 0.0935. The minimum atomic E-state index is -1.23. The number of carboxylic acid groups (broad SMARTS) is 1. The minimum absolute atomic E-state index is 0.0555. The van der Waals surface area contributed by atoms with Crippen molar-refractivity contribution in [3.8, 4) is 0 Å². The molecule has 1 heterocycles. The topological polar surface area (TPSA) is 158 Å². The second kappa shape index (κ2) is 16.9. The molecule has 0 saturated heterocycles. The number of aromatic nitrogens is 1. The molecule has 0 spiro atoms. The van der Waals surface area contributed by atoms with Crippen LogP contribution < -0.4 is 21.3 Å². The lowest BCUT2D eigenvalue weighted by Crippen LogP contribution is -2.49. The highest BCUT2D eigenvalue weighted by atomic mass is 16.4. The first-order valence-electron chi connectivity index (χ1n) is 16.4. The Morgan fingerprint density at radius 3 is 2.00 bits per heavy atom. The number of nitrogens with one attached hydrogen (secondary N) is 2. The number of rotatable bonds is 14. The number of nitrogen functional groups attached to an aromatic ring is 1. The van der Waals surface area contributed by atoms with Gasteiger partial charge in [-0.2, -0.15) is 0 Å². The lowest BCUT2D eigenvalue weighted by atomic mass is 9.93. The summed E-state index contributed by atoms with van der Waals surface area (Å²) in [4.78, 5) is 45.3. The smallest absolute Gasteiger partial charge is 0.412 e. The summed E-state index contributed by atoms with van der Waals surface area (Å²) in [5.74, 6) is -0.867. The molecule has 50 heavy (non-hydrogen) atoms. The van der Waals surface area contributed by atoms with Crippen LogP contribution in [0.25, 0.3) is 0 Å². The Balaban J connectivity index is 1.42. The van der Waals surface area contributed by atoms with E-state index in [2.05, 4.69) is 15.6 Å². The number of aliphatic hydroxyl groups is 1. The van der Waals surface area contributed by atoms with E-state index in [1.54, 1.807) is 73.8 Å². The number of amides is 3. The highest BCUT2D eigenvalue weighted by Crippen LogP contribution is 2.24. The molecule has 256 valence electrons. The molecule has 0 unspecified atom stereocenters. The van der Waals surface area contributed by atoms with Crippen molar-refractivity contribution in [3.63, 3.8) is 0 Å². The molecule has 5 rings (SSSR count). The molecule has 0 fully saturated rings. The van der Waals surface area contributed by atoms with E-state index >= 15 is 0 Å². The molecule has 3 atom stereocenters. The van der Waals surface area contributed by atoms with Crippen LogP contribution in [-0.2, 0) is 19.4 Å². The number of carbonyl (C=O) groups excluding carboxylic acids is 2. The van der Waals surface area contributed by atoms with Crippen molar-refractivity contribution in [2.45, 2.75) is 50.9 Å². The summed E-state index contributed by atoms with van der Waals surface area (Å²) in [5, 5.41) is 28.1. The number of nitrogens with zero attached hydrogens (tertiary/aromatic N) is 2. The predicted octanol–water partition coefficient (Wildman–Crippen LogP) is 5.79. The number of para-hydroxylation sites is 1. The van der Waals surface area contributed by atoms with Crippen LogP contribution in [0.2, 0.25) is 0 Å². The fourth-order valence-corrected chi connectivity index (χ4v) is 5.92. The largest absolute Gasteiger partial charge is 0.465 e. The van der Waals surface area contributed by atoms with E-state index < -0.39 is 30.2 Å². The maximum atomic E-state index is 14.0.